The Labute approximate surface area is 125 Å². The summed E-state index contributed by atoms with van der Waals surface area (Å²) in [7, 11) is 0. The number of aromatic nitrogens is 2. The molecule has 0 atom stereocenters. The van der Waals surface area contributed by atoms with Crippen LogP contribution < -0.4 is 10.5 Å². The van der Waals surface area contributed by atoms with Gasteiger partial charge in [0.25, 0.3) is 5.89 Å². The van der Waals surface area contributed by atoms with Crippen molar-refractivity contribution in [1.29, 1.82) is 0 Å². The highest BCUT2D eigenvalue weighted by Crippen LogP contribution is 2.27. The highest BCUT2D eigenvalue weighted by atomic mass is 16.5. The summed E-state index contributed by atoms with van der Waals surface area (Å²) in [6.45, 7) is 8.03. The van der Waals surface area contributed by atoms with E-state index >= 15 is 0 Å². The molecule has 0 aliphatic rings. The Morgan fingerprint density at radius 3 is 2.62 bits per heavy atom. The summed E-state index contributed by atoms with van der Waals surface area (Å²) in [5.41, 5.74) is 6.60. The fraction of sp³-hybridized carbons (Fsp3) is 0.500. The highest BCUT2D eigenvalue weighted by molar-refractivity contribution is 5.55. The summed E-state index contributed by atoms with van der Waals surface area (Å²) in [5, 5.41) is 4.05. The molecule has 0 fully saturated rings. The Balaban J connectivity index is 2.29. The number of rotatable bonds is 6. The smallest absolute Gasteiger partial charge is 0.258 e. The first-order chi connectivity index (χ1) is 9.98. The van der Waals surface area contributed by atoms with Crippen molar-refractivity contribution in [2.75, 3.05) is 0 Å². The Kier molecular flexibility index (Phi) is 4.63. The van der Waals surface area contributed by atoms with Crippen molar-refractivity contribution in [2.45, 2.75) is 52.2 Å². The van der Waals surface area contributed by atoms with Gasteiger partial charge < -0.3 is 15.0 Å². The molecule has 0 aliphatic heterocycles. The van der Waals surface area contributed by atoms with Crippen molar-refractivity contribution < 1.29 is 9.26 Å². The van der Waals surface area contributed by atoms with E-state index in [0.717, 1.165) is 24.2 Å². The van der Waals surface area contributed by atoms with E-state index in [9.17, 15) is 0 Å². The third-order valence-electron chi connectivity index (χ3n) is 3.59. The fourth-order valence-electron chi connectivity index (χ4n) is 2.08. The summed E-state index contributed by atoms with van der Waals surface area (Å²) in [4.78, 5) is 4.46. The van der Waals surface area contributed by atoms with Crippen LogP contribution in [0.15, 0.2) is 28.8 Å². The molecule has 1 aromatic heterocycles. The van der Waals surface area contributed by atoms with Gasteiger partial charge >= 0.3 is 0 Å². The maximum atomic E-state index is 6.30. The van der Waals surface area contributed by atoms with Gasteiger partial charge in [-0.2, -0.15) is 4.98 Å². The lowest BCUT2D eigenvalue weighted by atomic mass is 9.93. The zero-order chi connectivity index (χ0) is 15.5. The zero-order valence-electron chi connectivity index (χ0n) is 13.1. The normalized spacial score (nSPS) is 11.9. The molecule has 2 N–H and O–H groups in total. The Hall–Kier alpha value is -1.88. The molecule has 0 saturated heterocycles. The van der Waals surface area contributed by atoms with E-state index in [1.807, 2.05) is 52.0 Å². The Bertz CT molecular complexity index is 589. The maximum absolute atomic E-state index is 6.30. The molecule has 0 unspecified atom stereocenters. The molecule has 21 heavy (non-hydrogen) atoms. The molecule has 114 valence electrons. The van der Waals surface area contributed by atoms with Crippen molar-refractivity contribution in [3.8, 4) is 17.2 Å². The lowest BCUT2D eigenvalue weighted by molar-refractivity contribution is 0.242. The predicted octanol–water partition coefficient (Wildman–Crippen LogP) is 3.50. The van der Waals surface area contributed by atoms with Gasteiger partial charge in [-0.05, 0) is 44.9 Å². The third-order valence-corrected chi connectivity index (χ3v) is 3.59. The summed E-state index contributed by atoms with van der Waals surface area (Å²) >= 11 is 0. The van der Waals surface area contributed by atoms with Gasteiger partial charge in [0.1, 0.15) is 5.75 Å². The van der Waals surface area contributed by atoms with Gasteiger partial charge in [-0.25, -0.2) is 0 Å². The second-order valence-electron chi connectivity index (χ2n) is 5.48. The largest absolute Gasteiger partial charge is 0.491 e. The van der Waals surface area contributed by atoms with Gasteiger partial charge in [-0.3, -0.25) is 0 Å². The SMILES string of the molecule is CCC(N)(CC)c1noc(-c2cccc(OC(C)C)c2)n1. The first kappa shape index (κ1) is 15.5. The lowest BCUT2D eigenvalue weighted by Crippen LogP contribution is -2.36. The molecule has 0 spiro atoms. The van der Waals surface area contributed by atoms with E-state index in [0.29, 0.717) is 11.7 Å². The van der Waals surface area contributed by atoms with Crippen LogP contribution in [-0.2, 0) is 5.54 Å². The van der Waals surface area contributed by atoms with Crippen molar-refractivity contribution >= 4 is 0 Å². The molecule has 1 aromatic carbocycles. The van der Waals surface area contributed by atoms with E-state index in [-0.39, 0.29) is 6.10 Å². The summed E-state index contributed by atoms with van der Waals surface area (Å²) in [6.07, 6.45) is 1.65. The van der Waals surface area contributed by atoms with Crippen LogP contribution in [-0.4, -0.2) is 16.2 Å². The first-order valence-corrected chi connectivity index (χ1v) is 7.38. The minimum absolute atomic E-state index is 0.121. The van der Waals surface area contributed by atoms with Gasteiger partial charge in [0.05, 0.1) is 11.6 Å². The quantitative estimate of drug-likeness (QED) is 0.881. The molecule has 0 amide bonds. The van der Waals surface area contributed by atoms with E-state index in [1.54, 1.807) is 0 Å². The van der Waals surface area contributed by atoms with Crippen LogP contribution >= 0.6 is 0 Å². The van der Waals surface area contributed by atoms with E-state index < -0.39 is 5.54 Å². The molecule has 5 nitrogen and oxygen atoms in total. The van der Waals surface area contributed by atoms with Gasteiger partial charge in [-0.1, -0.05) is 25.1 Å². The van der Waals surface area contributed by atoms with Gasteiger partial charge in [0.15, 0.2) is 5.82 Å². The summed E-state index contributed by atoms with van der Waals surface area (Å²) in [6, 6.07) is 7.63. The average Bonchev–Trinajstić information content (AvgIpc) is 2.96. The van der Waals surface area contributed by atoms with Crippen molar-refractivity contribution in [3.05, 3.63) is 30.1 Å². The molecule has 0 aliphatic carbocycles. The second-order valence-corrected chi connectivity index (χ2v) is 5.48. The number of hydrogen-bond donors (Lipinski definition) is 1. The van der Waals surface area contributed by atoms with Crippen LogP contribution in [0, 0.1) is 0 Å². The van der Waals surface area contributed by atoms with Crippen LogP contribution in [0.4, 0.5) is 0 Å². The summed E-state index contributed by atoms with van der Waals surface area (Å²) < 4.78 is 11.0. The minimum atomic E-state index is -0.534. The molecule has 1 heterocycles. The second kappa shape index (κ2) is 6.26. The van der Waals surface area contributed by atoms with E-state index in [1.165, 1.54) is 0 Å². The van der Waals surface area contributed by atoms with Gasteiger partial charge in [-0.15, -0.1) is 0 Å². The molecular weight excluding hydrogens is 266 g/mol. The van der Waals surface area contributed by atoms with Gasteiger partial charge in [0, 0.05) is 5.56 Å². The van der Waals surface area contributed by atoms with Crippen LogP contribution in [0.1, 0.15) is 46.4 Å². The van der Waals surface area contributed by atoms with Crippen LogP contribution in [0.5, 0.6) is 5.75 Å². The molecule has 5 heteroatoms. The lowest BCUT2D eigenvalue weighted by Gasteiger charge is -2.21. The van der Waals surface area contributed by atoms with E-state index in [2.05, 4.69) is 10.1 Å². The first-order valence-electron chi connectivity index (χ1n) is 7.38. The van der Waals surface area contributed by atoms with Crippen molar-refractivity contribution in [1.82, 2.24) is 10.1 Å². The van der Waals surface area contributed by atoms with Crippen LogP contribution in [0.25, 0.3) is 11.5 Å². The van der Waals surface area contributed by atoms with Crippen molar-refractivity contribution in [3.63, 3.8) is 0 Å². The number of nitrogens with two attached hydrogens (primary N) is 1. The third kappa shape index (κ3) is 3.42. The average molecular weight is 289 g/mol. The monoisotopic (exact) mass is 289 g/mol. The number of benzene rings is 1. The Morgan fingerprint density at radius 1 is 1.29 bits per heavy atom. The molecule has 0 radical (unpaired) electrons. The standard InChI is InChI=1S/C16H23N3O2/c1-5-16(17,6-2)15-18-14(21-19-15)12-8-7-9-13(10-12)20-11(3)4/h7-11H,5-6,17H2,1-4H3. The van der Waals surface area contributed by atoms with E-state index in [4.69, 9.17) is 15.0 Å². The molecular formula is C16H23N3O2. The maximum Gasteiger partial charge on any atom is 0.258 e. The molecule has 2 rings (SSSR count). The van der Waals surface area contributed by atoms with Crippen LogP contribution in [0.2, 0.25) is 0 Å². The molecule has 0 bridgehead atoms. The topological polar surface area (TPSA) is 74.2 Å². The molecule has 0 saturated carbocycles. The fourth-order valence-corrected chi connectivity index (χ4v) is 2.08. The minimum Gasteiger partial charge on any atom is -0.491 e. The number of ether oxygens (including phenoxy) is 1. The molecule has 2 aromatic rings. The van der Waals surface area contributed by atoms with Crippen LogP contribution in [0.3, 0.4) is 0 Å². The Morgan fingerprint density at radius 2 is 2.00 bits per heavy atom. The van der Waals surface area contributed by atoms with Crippen molar-refractivity contribution in [2.24, 2.45) is 5.73 Å². The predicted molar refractivity (Wildman–Crippen MR) is 81.9 cm³/mol. The van der Waals surface area contributed by atoms with Gasteiger partial charge in [0.2, 0.25) is 0 Å². The number of nitrogens with zero attached hydrogens (tertiary/aromatic N) is 2. The number of hydrogen-bond acceptors (Lipinski definition) is 5. The highest BCUT2D eigenvalue weighted by Gasteiger charge is 2.29. The zero-order valence-corrected chi connectivity index (χ0v) is 13.1. The summed E-state index contributed by atoms with van der Waals surface area (Å²) in [5.74, 6) is 1.81.